The normalized spacial score (nSPS) is 10.9. The molecule has 4 aromatic rings. The highest BCUT2D eigenvalue weighted by Crippen LogP contribution is 2.23. The lowest BCUT2D eigenvalue weighted by molar-refractivity contribution is 0.102. The Balaban J connectivity index is 1.73. The van der Waals surface area contributed by atoms with E-state index in [1.54, 1.807) is 16.9 Å². The number of nitrogens with one attached hydrogen (secondary N) is 1. The summed E-state index contributed by atoms with van der Waals surface area (Å²) in [6, 6.07) is 16.1. The summed E-state index contributed by atoms with van der Waals surface area (Å²) in [6.45, 7) is 6.02. The van der Waals surface area contributed by atoms with Gasteiger partial charge < -0.3 is 5.32 Å². The summed E-state index contributed by atoms with van der Waals surface area (Å²) >= 11 is 0. The van der Waals surface area contributed by atoms with Crippen LogP contribution in [0.25, 0.3) is 16.9 Å². The van der Waals surface area contributed by atoms with E-state index in [4.69, 9.17) is 0 Å². The lowest BCUT2D eigenvalue weighted by Gasteiger charge is -2.09. The molecule has 0 aliphatic heterocycles. The smallest absolute Gasteiger partial charge is 0.261 e. The van der Waals surface area contributed by atoms with Gasteiger partial charge in [0.1, 0.15) is 5.56 Å². The molecule has 0 aliphatic rings. The fourth-order valence-electron chi connectivity index (χ4n) is 3.05. The summed E-state index contributed by atoms with van der Waals surface area (Å²) in [5.41, 5.74) is 7.01. The van der Waals surface area contributed by atoms with Crippen LogP contribution < -0.4 is 5.32 Å². The van der Waals surface area contributed by atoms with E-state index in [-0.39, 0.29) is 5.91 Å². The molecule has 0 unspecified atom stereocenters. The van der Waals surface area contributed by atoms with E-state index in [1.165, 1.54) is 5.56 Å². The second kappa shape index (κ2) is 6.68. The van der Waals surface area contributed by atoms with Crippen LogP contribution in [0.3, 0.4) is 0 Å². The maximum atomic E-state index is 12.8. The number of rotatable bonds is 3. The van der Waals surface area contributed by atoms with E-state index >= 15 is 0 Å². The Bertz CT molecular complexity index is 1140. The lowest BCUT2D eigenvalue weighted by Crippen LogP contribution is -2.13. The molecule has 0 atom stereocenters. The number of fused-ring (bicyclic) bond motifs is 1. The second-order valence-electron chi connectivity index (χ2n) is 6.76. The minimum absolute atomic E-state index is 0.216. The van der Waals surface area contributed by atoms with Gasteiger partial charge in [-0.2, -0.15) is 5.10 Å². The molecule has 0 fully saturated rings. The molecule has 5 heteroatoms. The summed E-state index contributed by atoms with van der Waals surface area (Å²) in [5.74, 6) is -0.216. The maximum absolute atomic E-state index is 12.8. The highest BCUT2D eigenvalue weighted by Gasteiger charge is 2.17. The Morgan fingerprint density at radius 1 is 0.963 bits per heavy atom. The number of benzene rings is 2. The topological polar surface area (TPSA) is 59.3 Å². The van der Waals surface area contributed by atoms with Crippen LogP contribution in [0.5, 0.6) is 0 Å². The quantitative estimate of drug-likeness (QED) is 0.585. The molecule has 5 nitrogen and oxygen atoms in total. The standard InChI is InChI=1S/C22H20N4O/c1-14-5-8-17(9-6-14)20-10-11-23-21-18(13-24-26(20)21)22(27)25-19-12-15(2)4-7-16(19)3/h4-13H,1-3H3,(H,25,27). The molecule has 1 N–H and O–H groups in total. The zero-order valence-electron chi connectivity index (χ0n) is 15.5. The fourth-order valence-corrected chi connectivity index (χ4v) is 3.05. The van der Waals surface area contributed by atoms with Crippen LogP contribution in [0.2, 0.25) is 0 Å². The van der Waals surface area contributed by atoms with Crippen molar-refractivity contribution in [3.8, 4) is 11.3 Å². The number of aryl methyl sites for hydroxylation is 3. The highest BCUT2D eigenvalue weighted by atomic mass is 16.1. The van der Waals surface area contributed by atoms with Crippen LogP contribution in [0, 0.1) is 20.8 Å². The third-order valence-electron chi connectivity index (χ3n) is 4.63. The molecule has 2 aromatic carbocycles. The summed E-state index contributed by atoms with van der Waals surface area (Å²) in [5, 5.41) is 7.39. The van der Waals surface area contributed by atoms with Crippen LogP contribution in [-0.2, 0) is 0 Å². The summed E-state index contributed by atoms with van der Waals surface area (Å²) < 4.78 is 1.71. The number of aromatic nitrogens is 3. The van der Waals surface area contributed by atoms with Gasteiger partial charge in [-0.15, -0.1) is 0 Å². The second-order valence-corrected chi connectivity index (χ2v) is 6.76. The first-order chi connectivity index (χ1) is 13.0. The van der Waals surface area contributed by atoms with Gasteiger partial charge in [-0.3, -0.25) is 4.79 Å². The zero-order chi connectivity index (χ0) is 19.0. The van der Waals surface area contributed by atoms with Crippen molar-refractivity contribution in [2.24, 2.45) is 0 Å². The highest BCUT2D eigenvalue weighted by molar-refractivity contribution is 6.08. The number of nitrogens with zero attached hydrogens (tertiary/aromatic N) is 3. The van der Waals surface area contributed by atoms with Crippen LogP contribution in [0.15, 0.2) is 60.9 Å². The van der Waals surface area contributed by atoms with Gasteiger partial charge in [-0.25, -0.2) is 9.50 Å². The van der Waals surface area contributed by atoms with Crippen LogP contribution in [-0.4, -0.2) is 20.5 Å². The predicted octanol–water partition coefficient (Wildman–Crippen LogP) is 4.57. The zero-order valence-corrected chi connectivity index (χ0v) is 15.5. The molecular weight excluding hydrogens is 336 g/mol. The Morgan fingerprint density at radius 2 is 1.70 bits per heavy atom. The molecule has 0 bridgehead atoms. The van der Waals surface area contributed by atoms with Crippen molar-refractivity contribution in [3.63, 3.8) is 0 Å². The van der Waals surface area contributed by atoms with Gasteiger partial charge in [-0.1, -0.05) is 42.0 Å². The number of carbonyl (C=O) groups excluding carboxylic acids is 1. The van der Waals surface area contributed by atoms with Crippen molar-refractivity contribution in [1.82, 2.24) is 14.6 Å². The van der Waals surface area contributed by atoms with E-state index in [2.05, 4.69) is 34.5 Å². The molecule has 0 spiro atoms. The summed E-state index contributed by atoms with van der Waals surface area (Å²) in [4.78, 5) is 17.2. The Kier molecular flexibility index (Phi) is 4.20. The molecule has 2 heterocycles. The maximum Gasteiger partial charge on any atom is 0.261 e. The Labute approximate surface area is 157 Å². The fraction of sp³-hybridized carbons (Fsp3) is 0.136. The number of hydrogen-bond acceptors (Lipinski definition) is 3. The summed E-state index contributed by atoms with van der Waals surface area (Å²) in [7, 11) is 0. The van der Waals surface area contributed by atoms with Crippen LogP contribution >= 0.6 is 0 Å². The van der Waals surface area contributed by atoms with Gasteiger partial charge in [0, 0.05) is 17.4 Å². The van der Waals surface area contributed by atoms with Gasteiger partial charge in [-0.05, 0) is 44.0 Å². The van der Waals surface area contributed by atoms with E-state index < -0.39 is 0 Å². The number of carbonyl (C=O) groups is 1. The molecule has 0 saturated heterocycles. The van der Waals surface area contributed by atoms with E-state index in [0.29, 0.717) is 11.2 Å². The third-order valence-corrected chi connectivity index (χ3v) is 4.63. The third kappa shape index (κ3) is 3.19. The largest absolute Gasteiger partial charge is 0.322 e. The first-order valence-electron chi connectivity index (χ1n) is 8.81. The van der Waals surface area contributed by atoms with E-state index in [9.17, 15) is 4.79 Å². The average molecular weight is 356 g/mol. The van der Waals surface area contributed by atoms with Gasteiger partial charge >= 0.3 is 0 Å². The van der Waals surface area contributed by atoms with Gasteiger partial charge in [0.15, 0.2) is 5.65 Å². The van der Waals surface area contributed by atoms with Crippen molar-refractivity contribution in [2.75, 3.05) is 5.32 Å². The monoisotopic (exact) mass is 356 g/mol. The minimum Gasteiger partial charge on any atom is -0.322 e. The molecule has 0 aliphatic carbocycles. The molecule has 1 amide bonds. The predicted molar refractivity (Wildman–Crippen MR) is 107 cm³/mol. The van der Waals surface area contributed by atoms with E-state index in [0.717, 1.165) is 28.1 Å². The molecular formula is C22H20N4O. The first-order valence-corrected chi connectivity index (χ1v) is 8.81. The average Bonchev–Trinajstić information content (AvgIpc) is 3.10. The summed E-state index contributed by atoms with van der Waals surface area (Å²) in [6.07, 6.45) is 3.28. The Morgan fingerprint density at radius 3 is 2.48 bits per heavy atom. The van der Waals surface area contributed by atoms with Gasteiger partial charge in [0.2, 0.25) is 0 Å². The molecule has 27 heavy (non-hydrogen) atoms. The van der Waals surface area contributed by atoms with Crippen molar-refractivity contribution < 1.29 is 4.79 Å². The molecule has 4 rings (SSSR count). The molecule has 0 radical (unpaired) electrons. The SMILES string of the molecule is Cc1ccc(-c2ccnc3c(C(=O)Nc4cc(C)ccc4C)cnn23)cc1. The Hall–Kier alpha value is -3.47. The van der Waals surface area contributed by atoms with E-state index in [1.807, 2.05) is 50.2 Å². The molecule has 2 aromatic heterocycles. The van der Waals surface area contributed by atoms with Gasteiger partial charge in [0.25, 0.3) is 5.91 Å². The first kappa shape index (κ1) is 17.0. The van der Waals surface area contributed by atoms with Crippen molar-refractivity contribution in [2.45, 2.75) is 20.8 Å². The lowest BCUT2D eigenvalue weighted by atomic mass is 10.1. The molecule has 0 saturated carbocycles. The van der Waals surface area contributed by atoms with Crippen molar-refractivity contribution in [1.29, 1.82) is 0 Å². The van der Waals surface area contributed by atoms with Crippen molar-refractivity contribution >= 4 is 17.2 Å². The molecule has 134 valence electrons. The number of hydrogen-bond donors (Lipinski definition) is 1. The minimum atomic E-state index is -0.216. The van der Waals surface area contributed by atoms with Gasteiger partial charge in [0.05, 0.1) is 11.9 Å². The van der Waals surface area contributed by atoms with Crippen molar-refractivity contribution in [3.05, 3.63) is 83.2 Å². The van der Waals surface area contributed by atoms with Crippen LogP contribution in [0.4, 0.5) is 5.69 Å². The number of anilines is 1. The number of amides is 1. The van der Waals surface area contributed by atoms with Crippen LogP contribution in [0.1, 0.15) is 27.0 Å².